The Bertz CT molecular complexity index is 642. The van der Waals surface area contributed by atoms with Gasteiger partial charge in [0.05, 0.1) is 0 Å². The number of ether oxygens (including phenoxy) is 1. The summed E-state index contributed by atoms with van der Waals surface area (Å²) in [4.78, 5) is 0. The zero-order valence-electron chi connectivity index (χ0n) is 18.1. The summed E-state index contributed by atoms with van der Waals surface area (Å²) in [5.41, 5.74) is 2.68. The van der Waals surface area contributed by atoms with Crippen LogP contribution in [-0.2, 0) is 6.42 Å². The molecular formula is C26H38F2O. The van der Waals surface area contributed by atoms with E-state index in [1.54, 1.807) is 0 Å². The van der Waals surface area contributed by atoms with Crippen molar-refractivity contribution < 1.29 is 13.5 Å². The summed E-state index contributed by atoms with van der Waals surface area (Å²) < 4.78 is 31.1. The smallest absolute Gasteiger partial charge is 0.242 e. The standard InChI is InChI=1S/C26H38F2O/c1-2-3-18-4-6-19(7-5-18)20-8-10-21(11-9-20)22-13-15-25-23(16-22)12-14-24(29-25)17-26(27)28/h13,15-16,18-21,24,26H,2-12,14,17H2,1H3. The first-order chi connectivity index (χ1) is 14.1. The van der Waals surface area contributed by atoms with Gasteiger partial charge >= 0.3 is 0 Å². The molecule has 1 nitrogen and oxygen atoms in total. The number of hydrogen-bond donors (Lipinski definition) is 0. The van der Waals surface area contributed by atoms with Crippen LogP contribution in [-0.4, -0.2) is 12.5 Å². The van der Waals surface area contributed by atoms with E-state index in [1.165, 1.54) is 75.3 Å². The molecule has 0 spiro atoms. The minimum Gasteiger partial charge on any atom is -0.490 e. The first-order valence-electron chi connectivity index (χ1n) is 12.2. The third-order valence-electron chi connectivity index (χ3n) is 8.05. The van der Waals surface area contributed by atoms with Crippen molar-refractivity contribution in [1.82, 2.24) is 0 Å². The predicted molar refractivity (Wildman–Crippen MR) is 115 cm³/mol. The Balaban J connectivity index is 1.28. The van der Waals surface area contributed by atoms with Gasteiger partial charge < -0.3 is 4.74 Å². The molecule has 3 heteroatoms. The first kappa shape index (κ1) is 21.1. The molecule has 2 saturated carbocycles. The van der Waals surface area contributed by atoms with Crippen LogP contribution >= 0.6 is 0 Å². The second kappa shape index (κ2) is 9.79. The maximum absolute atomic E-state index is 12.6. The highest BCUT2D eigenvalue weighted by atomic mass is 19.3. The van der Waals surface area contributed by atoms with E-state index in [4.69, 9.17) is 4.74 Å². The highest BCUT2D eigenvalue weighted by molar-refractivity contribution is 5.40. The average Bonchev–Trinajstić information content (AvgIpc) is 2.74. The largest absolute Gasteiger partial charge is 0.490 e. The molecule has 1 aliphatic heterocycles. The maximum atomic E-state index is 12.6. The van der Waals surface area contributed by atoms with Gasteiger partial charge in [-0.1, -0.05) is 44.7 Å². The Kier molecular flexibility index (Phi) is 7.13. The van der Waals surface area contributed by atoms with Crippen LogP contribution in [0.3, 0.4) is 0 Å². The molecule has 1 aromatic rings. The van der Waals surface area contributed by atoms with E-state index in [2.05, 4.69) is 19.1 Å². The molecule has 4 rings (SSSR count). The zero-order valence-corrected chi connectivity index (χ0v) is 18.1. The van der Waals surface area contributed by atoms with Gasteiger partial charge in [0, 0.05) is 6.42 Å². The highest BCUT2D eigenvalue weighted by Gasteiger charge is 2.31. The summed E-state index contributed by atoms with van der Waals surface area (Å²) in [6.07, 6.45) is 12.9. The highest BCUT2D eigenvalue weighted by Crippen LogP contribution is 2.45. The number of hydrogen-bond acceptors (Lipinski definition) is 1. The van der Waals surface area contributed by atoms with Gasteiger partial charge in [-0.2, -0.15) is 0 Å². The van der Waals surface area contributed by atoms with Gasteiger partial charge in [0.15, 0.2) is 0 Å². The van der Waals surface area contributed by atoms with E-state index in [1.807, 2.05) is 6.07 Å². The molecule has 1 atom stereocenters. The van der Waals surface area contributed by atoms with Crippen molar-refractivity contribution in [3.63, 3.8) is 0 Å². The van der Waals surface area contributed by atoms with Crippen molar-refractivity contribution in [1.29, 1.82) is 0 Å². The summed E-state index contributed by atoms with van der Waals surface area (Å²) in [7, 11) is 0. The molecule has 2 fully saturated rings. The molecule has 1 heterocycles. The van der Waals surface area contributed by atoms with Crippen LogP contribution in [0.4, 0.5) is 8.78 Å². The Hall–Kier alpha value is -1.12. The molecule has 0 saturated heterocycles. The van der Waals surface area contributed by atoms with E-state index in [0.29, 0.717) is 12.3 Å². The second-order valence-electron chi connectivity index (χ2n) is 9.95. The molecule has 3 aliphatic rings. The molecule has 2 aliphatic carbocycles. The molecule has 0 radical (unpaired) electrons. The minimum absolute atomic E-state index is 0.147. The van der Waals surface area contributed by atoms with Crippen LogP contribution in [0.5, 0.6) is 5.75 Å². The van der Waals surface area contributed by atoms with Gasteiger partial charge in [-0.3, -0.25) is 0 Å². The van der Waals surface area contributed by atoms with Crippen LogP contribution in [0.25, 0.3) is 0 Å². The molecular weight excluding hydrogens is 366 g/mol. The topological polar surface area (TPSA) is 9.23 Å². The molecule has 162 valence electrons. The van der Waals surface area contributed by atoms with Crippen LogP contribution < -0.4 is 4.74 Å². The fraction of sp³-hybridized carbons (Fsp3) is 0.769. The second-order valence-corrected chi connectivity index (χ2v) is 9.95. The maximum Gasteiger partial charge on any atom is 0.242 e. The predicted octanol–water partition coefficient (Wildman–Crippen LogP) is 7.92. The van der Waals surface area contributed by atoms with E-state index in [-0.39, 0.29) is 12.5 Å². The minimum atomic E-state index is -2.28. The number of fused-ring (bicyclic) bond motifs is 1. The zero-order chi connectivity index (χ0) is 20.2. The molecule has 0 N–H and O–H groups in total. The number of alkyl halides is 2. The Morgan fingerprint density at radius 2 is 1.62 bits per heavy atom. The number of aryl methyl sites for hydroxylation is 1. The molecule has 29 heavy (non-hydrogen) atoms. The number of halogens is 2. The van der Waals surface area contributed by atoms with Crippen molar-refractivity contribution in [3.8, 4) is 5.75 Å². The van der Waals surface area contributed by atoms with Crippen LogP contribution in [0.2, 0.25) is 0 Å². The summed E-state index contributed by atoms with van der Waals surface area (Å²) in [5, 5.41) is 0. The summed E-state index contributed by atoms with van der Waals surface area (Å²) >= 11 is 0. The number of rotatable bonds is 6. The lowest BCUT2D eigenvalue weighted by Crippen LogP contribution is -2.26. The Labute approximate surface area is 175 Å². The van der Waals surface area contributed by atoms with Crippen molar-refractivity contribution in [2.45, 2.75) is 109 Å². The average molecular weight is 405 g/mol. The normalized spacial score (nSPS) is 32.6. The first-order valence-corrected chi connectivity index (χ1v) is 12.2. The summed E-state index contributed by atoms with van der Waals surface area (Å²) in [5.74, 6) is 4.44. The van der Waals surface area contributed by atoms with Crippen molar-refractivity contribution >= 4 is 0 Å². The van der Waals surface area contributed by atoms with E-state index in [9.17, 15) is 8.78 Å². The van der Waals surface area contributed by atoms with Crippen molar-refractivity contribution in [3.05, 3.63) is 29.3 Å². The fourth-order valence-electron chi connectivity index (χ4n) is 6.36. The van der Waals surface area contributed by atoms with Gasteiger partial charge in [0.25, 0.3) is 0 Å². The lowest BCUT2D eigenvalue weighted by molar-refractivity contribution is 0.0637. The molecule has 0 amide bonds. The SMILES string of the molecule is CCCC1CCC(C2CCC(c3ccc4c(c3)CCC(CC(F)F)O4)CC2)CC1. The molecule has 0 aromatic heterocycles. The number of benzene rings is 1. The van der Waals surface area contributed by atoms with Gasteiger partial charge in [0.1, 0.15) is 11.9 Å². The van der Waals surface area contributed by atoms with E-state index < -0.39 is 6.43 Å². The fourth-order valence-corrected chi connectivity index (χ4v) is 6.36. The van der Waals surface area contributed by atoms with Gasteiger partial charge in [-0.25, -0.2) is 8.78 Å². The van der Waals surface area contributed by atoms with Gasteiger partial charge in [-0.15, -0.1) is 0 Å². The summed E-state index contributed by atoms with van der Waals surface area (Å²) in [6.45, 7) is 2.32. The quantitative estimate of drug-likeness (QED) is 0.468. The molecule has 0 bridgehead atoms. The Morgan fingerprint density at radius 3 is 2.28 bits per heavy atom. The van der Waals surface area contributed by atoms with Gasteiger partial charge in [0.2, 0.25) is 6.43 Å². The van der Waals surface area contributed by atoms with E-state index in [0.717, 1.165) is 29.9 Å². The van der Waals surface area contributed by atoms with Crippen LogP contribution in [0.1, 0.15) is 101 Å². The Morgan fingerprint density at radius 1 is 0.931 bits per heavy atom. The lowest BCUT2D eigenvalue weighted by atomic mass is 9.68. The van der Waals surface area contributed by atoms with Gasteiger partial charge in [-0.05, 0) is 92.2 Å². The van der Waals surface area contributed by atoms with Crippen LogP contribution in [0.15, 0.2) is 18.2 Å². The molecule has 1 unspecified atom stereocenters. The summed E-state index contributed by atoms with van der Waals surface area (Å²) in [6, 6.07) is 6.56. The van der Waals surface area contributed by atoms with Crippen molar-refractivity contribution in [2.24, 2.45) is 17.8 Å². The van der Waals surface area contributed by atoms with Crippen molar-refractivity contribution in [2.75, 3.05) is 0 Å². The third-order valence-corrected chi connectivity index (χ3v) is 8.05. The third kappa shape index (κ3) is 5.33. The molecule has 1 aromatic carbocycles. The van der Waals surface area contributed by atoms with E-state index >= 15 is 0 Å². The monoisotopic (exact) mass is 404 g/mol. The van der Waals surface area contributed by atoms with Crippen LogP contribution in [0, 0.1) is 17.8 Å². The lowest BCUT2D eigenvalue weighted by Gasteiger charge is -2.38.